The van der Waals surface area contributed by atoms with Crippen LogP contribution in [-0.4, -0.2) is 25.2 Å². The van der Waals surface area contributed by atoms with Gasteiger partial charge in [0.2, 0.25) is 10.0 Å². The zero-order valence-corrected chi connectivity index (χ0v) is 12.9. The van der Waals surface area contributed by atoms with Crippen molar-refractivity contribution in [2.75, 3.05) is 6.61 Å². The number of aryl methyl sites for hydroxylation is 1. The molecule has 2 rings (SSSR count). The van der Waals surface area contributed by atoms with E-state index in [0.717, 1.165) is 11.1 Å². The molecule has 0 unspecified atom stereocenters. The summed E-state index contributed by atoms with van der Waals surface area (Å²) < 4.78 is 32.4. The second-order valence-corrected chi connectivity index (χ2v) is 6.33. The van der Waals surface area contributed by atoms with Gasteiger partial charge in [-0.25, -0.2) is 13.1 Å². The largest absolute Gasteiger partial charge is 0.377 e. The summed E-state index contributed by atoms with van der Waals surface area (Å²) in [5.41, 5.74) is 2.40. The lowest BCUT2D eigenvalue weighted by molar-refractivity contribution is 0.133. The first kappa shape index (κ1) is 15.7. The number of hydrogen-bond donors (Lipinski definition) is 2. The first-order valence-corrected chi connectivity index (χ1v) is 8.17. The Morgan fingerprint density at radius 1 is 1.29 bits per heavy atom. The lowest BCUT2D eigenvalue weighted by Crippen LogP contribution is -2.24. The van der Waals surface area contributed by atoms with E-state index in [2.05, 4.69) is 14.9 Å². The average molecular weight is 309 g/mol. The minimum absolute atomic E-state index is 0.171. The number of ether oxygens (including phenoxy) is 1. The average Bonchev–Trinajstić information content (AvgIpc) is 2.91. The molecule has 7 heteroatoms. The summed E-state index contributed by atoms with van der Waals surface area (Å²) in [7, 11) is -3.57. The Kier molecular flexibility index (Phi) is 5.11. The van der Waals surface area contributed by atoms with Crippen LogP contribution in [0.15, 0.2) is 35.4 Å². The summed E-state index contributed by atoms with van der Waals surface area (Å²) in [5, 5.41) is 6.36. The molecule has 0 bridgehead atoms. The number of rotatable bonds is 7. The van der Waals surface area contributed by atoms with Gasteiger partial charge in [0.15, 0.2) is 0 Å². The van der Waals surface area contributed by atoms with Crippen molar-refractivity contribution in [3.8, 4) is 0 Å². The third-order valence-electron chi connectivity index (χ3n) is 3.11. The molecule has 0 amide bonds. The van der Waals surface area contributed by atoms with Crippen molar-refractivity contribution in [1.29, 1.82) is 0 Å². The summed E-state index contributed by atoms with van der Waals surface area (Å²) in [5.74, 6) is 0. The number of aromatic nitrogens is 2. The van der Waals surface area contributed by atoms with Gasteiger partial charge in [0.25, 0.3) is 0 Å². The zero-order chi connectivity index (χ0) is 15.3. The van der Waals surface area contributed by atoms with E-state index < -0.39 is 10.0 Å². The Hall–Kier alpha value is -1.70. The summed E-state index contributed by atoms with van der Waals surface area (Å²) >= 11 is 0. The topological polar surface area (TPSA) is 84.1 Å². The van der Waals surface area contributed by atoms with Gasteiger partial charge in [-0.1, -0.05) is 24.3 Å². The number of nitrogens with one attached hydrogen (secondary N) is 2. The second kappa shape index (κ2) is 6.84. The Morgan fingerprint density at radius 3 is 2.62 bits per heavy atom. The predicted molar refractivity (Wildman–Crippen MR) is 79.1 cm³/mol. The monoisotopic (exact) mass is 309 g/mol. The van der Waals surface area contributed by atoms with E-state index in [4.69, 9.17) is 4.74 Å². The minimum Gasteiger partial charge on any atom is -0.377 e. The van der Waals surface area contributed by atoms with Crippen LogP contribution in [0.25, 0.3) is 0 Å². The van der Waals surface area contributed by atoms with Crippen LogP contribution < -0.4 is 4.72 Å². The molecule has 2 N–H and O–H groups in total. The maximum absolute atomic E-state index is 12.2. The lowest BCUT2D eigenvalue weighted by Gasteiger charge is -2.11. The molecule has 2 aromatic rings. The molecule has 0 aliphatic rings. The predicted octanol–water partition coefficient (Wildman–Crippen LogP) is 1.73. The smallest absolute Gasteiger partial charge is 0.244 e. The molecule has 0 atom stereocenters. The van der Waals surface area contributed by atoms with Gasteiger partial charge in [-0.05, 0) is 25.0 Å². The maximum Gasteiger partial charge on any atom is 0.244 e. The van der Waals surface area contributed by atoms with Crippen LogP contribution in [0.4, 0.5) is 0 Å². The number of nitrogens with zero attached hydrogens (tertiary/aromatic N) is 1. The van der Waals surface area contributed by atoms with E-state index in [1.165, 1.54) is 6.20 Å². The van der Waals surface area contributed by atoms with E-state index in [1.54, 1.807) is 6.92 Å². The Morgan fingerprint density at radius 2 is 2.00 bits per heavy atom. The van der Waals surface area contributed by atoms with Gasteiger partial charge in [-0.3, -0.25) is 5.10 Å². The van der Waals surface area contributed by atoms with Gasteiger partial charge in [0, 0.05) is 13.2 Å². The molecule has 0 saturated heterocycles. The molecule has 21 heavy (non-hydrogen) atoms. The van der Waals surface area contributed by atoms with E-state index >= 15 is 0 Å². The van der Waals surface area contributed by atoms with Crippen molar-refractivity contribution in [2.45, 2.75) is 31.9 Å². The van der Waals surface area contributed by atoms with E-state index in [0.29, 0.717) is 18.9 Å². The van der Waals surface area contributed by atoms with Crippen LogP contribution in [-0.2, 0) is 27.9 Å². The molecule has 114 valence electrons. The summed E-state index contributed by atoms with van der Waals surface area (Å²) in [4.78, 5) is 0.171. The number of hydrogen-bond acceptors (Lipinski definition) is 4. The Balaban J connectivity index is 2.11. The van der Waals surface area contributed by atoms with E-state index in [9.17, 15) is 8.42 Å². The molecular formula is C14H19N3O3S. The van der Waals surface area contributed by atoms with Crippen LogP contribution >= 0.6 is 0 Å². The number of sulfonamides is 1. The summed E-state index contributed by atoms with van der Waals surface area (Å²) in [6.45, 7) is 4.90. The van der Waals surface area contributed by atoms with Crippen molar-refractivity contribution in [3.63, 3.8) is 0 Å². The quantitative estimate of drug-likeness (QED) is 0.816. The molecule has 0 fully saturated rings. The lowest BCUT2D eigenvalue weighted by atomic mass is 10.1. The molecule has 0 spiro atoms. The fourth-order valence-corrected chi connectivity index (χ4v) is 3.09. The fraction of sp³-hybridized carbons (Fsp3) is 0.357. The molecule has 1 aromatic heterocycles. The van der Waals surface area contributed by atoms with Crippen LogP contribution in [0.1, 0.15) is 23.7 Å². The molecule has 1 heterocycles. The number of H-pyrrole nitrogens is 1. The Labute approximate surface area is 124 Å². The van der Waals surface area contributed by atoms with Crippen LogP contribution in [0.2, 0.25) is 0 Å². The molecule has 0 saturated carbocycles. The van der Waals surface area contributed by atoms with Gasteiger partial charge in [0.1, 0.15) is 4.90 Å². The summed E-state index contributed by atoms with van der Waals surface area (Å²) in [6.07, 6.45) is 1.31. The van der Waals surface area contributed by atoms with E-state index in [-0.39, 0.29) is 11.4 Å². The normalized spacial score (nSPS) is 11.7. The minimum atomic E-state index is -3.57. The molecule has 1 aromatic carbocycles. The molecule has 6 nitrogen and oxygen atoms in total. The van der Waals surface area contributed by atoms with Crippen LogP contribution in [0.3, 0.4) is 0 Å². The number of aromatic amines is 1. The first-order chi connectivity index (χ1) is 10.0. The highest BCUT2D eigenvalue weighted by Crippen LogP contribution is 2.14. The Bertz CT molecular complexity index is 695. The maximum atomic E-state index is 12.2. The van der Waals surface area contributed by atoms with Gasteiger partial charge in [-0.2, -0.15) is 5.10 Å². The molecule has 0 aliphatic carbocycles. The van der Waals surface area contributed by atoms with Crippen molar-refractivity contribution in [2.24, 2.45) is 0 Å². The van der Waals surface area contributed by atoms with Crippen LogP contribution in [0.5, 0.6) is 0 Å². The van der Waals surface area contributed by atoms with Gasteiger partial charge in [0.05, 0.1) is 18.5 Å². The third-order valence-corrected chi connectivity index (χ3v) is 4.62. The van der Waals surface area contributed by atoms with Crippen LogP contribution in [0, 0.1) is 6.92 Å². The third kappa shape index (κ3) is 3.90. The van der Waals surface area contributed by atoms with Crippen molar-refractivity contribution >= 4 is 10.0 Å². The standard InChI is InChI=1S/C14H19N3O3S/c1-3-20-10-13-7-5-4-6-12(13)8-16-21(18,19)14-9-15-17-11(14)2/h4-7,9,16H,3,8,10H2,1-2H3,(H,15,17). The highest BCUT2D eigenvalue weighted by atomic mass is 32.2. The fourth-order valence-electron chi connectivity index (χ4n) is 1.94. The molecular weight excluding hydrogens is 290 g/mol. The SMILES string of the molecule is CCOCc1ccccc1CNS(=O)(=O)c1cn[nH]c1C. The van der Waals surface area contributed by atoms with Crippen molar-refractivity contribution in [1.82, 2.24) is 14.9 Å². The van der Waals surface area contributed by atoms with Crippen molar-refractivity contribution < 1.29 is 13.2 Å². The summed E-state index contributed by atoms with van der Waals surface area (Å²) in [6, 6.07) is 7.61. The zero-order valence-electron chi connectivity index (χ0n) is 12.1. The first-order valence-electron chi connectivity index (χ1n) is 6.68. The highest BCUT2D eigenvalue weighted by molar-refractivity contribution is 7.89. The van der Waals surface area contributed by atoms with Gasteiger partial charge in [-0.15, -0.1) is 0 Å². The second-order valence-electron chi connectivity index (χ2n) is 4.59. The van der Waals surface area contributed by atoms with Gasteiger partial charge < -0.3 is 4.74 Å². The van der Waals surface area contributed by atoms with Gasteiger partial charge >= 0.3 is 0 Å². The molecule has 0 aliphatic heterocycles. The number of benzene rings is 1. The van der Waals surface area contributed by atoms with Crippen molar-refractivity contribution in [3.05, 3.63) is 47.3 Å². The molecule has 0 radical (unpaired) electrons. The van der Waals surface area contributed by atoms with E-state index in [1.807, 2.05) is 31.2 Å². The highest BCUT2D eigenvalue weighted by Gasteiger charge is 2.18.